The van der Waals surface area contributed by atoms with Crippen molar-refractivity contribution in [3.05, 3.63) is 50.4 Å². The Balaban J connectivity index is 2.82. The number of allylic oxidation sites excluding steroid dienone is 4. The van der Waals surface area contributed by atoms with Crippen molar-refractivity contribution in [1.29, 1.82) is 0 Å². The molecule has 0 N–H and O–H groups in total. The molecule has 23 heavy (non-hydrogen) atoms. The second-order valence-electron chi connectivity index (χ2n) is 7.49. The Morgan fingerprint density at radius 2 is 1.35 bits per heavy atom. The van der Waals surface area contributed by atoms with E-state index in [1.807, 2.05) is 0 Å². The fraction of sp³-hybridized carbons (Fsp3) is 0.591. The van der Waals surface area contributed by atoms with Crippen LogP contribution in [0.5, 0.6) is 0 Å². The van der Waals surface area contributed by atoms with Crippen LogP contribution in [-0.4, -0.2) is 0 Å². The second kappa shape index (κ2) is 6.26. The van der Waals surface area contributed by atoms with Crippen LogP contribution in [-0.2, 0) is 13.5 Å². The lowest BCUT2D eigenvalue weighted by Crippen LogP contribution is -2.43. The van der Waals surface area contributed by atoms with Crippen LogP contribution in [0.3, 0.4) is 0 Å². The highest BCUT2D eigenvalue weighted by atomic mass is 15.0. The van der Waals surface area contributed by atoms with Crippen LogP contribution in [0.4, 0.5) is 0 Å². The van der Waals surface area contributed by atoms with Crippen molar-refractivity contribution >= 4 is 0 Å². The highest BCUT2D eigenvalue weighted by molar-refractivity contribution is 5.48. The predicted molar refractivity (Wildman–Crippen MR) is 99.9 cm³/mol. The van der Waals surface area contributed by atoms with E-state index < -0.39 is 0 Å². The third-order valence-electron chi connectivity index (χ3n) is 6.77. The molecule has 2 unspecified atom stereocenters. The number of nitrogens with zero attached hydrogens (tertiary/aromatic N) is 1. The van der Waals surface area contributed by atoms with E-state index in [9.17, 15) is 0 Å². The summed E-state index contributed by atoms with van der Waals surface area (Å²) in [5, 5.41) is 0. The maximum Gasteiger partial charge on any atom is 0.192 e. The first kappa shape index (κ1) is 18.0. The van der Waals surface area contributed by atoms with Gasteiger partial charge in [0.1, 0.15) is 7.05 Å². The van der Waals surface area contributed by atoms with E-state index in [4.69, 9.17) is 0 Å². The van der Waals surface area contributed by atoms with E-state index in [0.29, 0.717) is 11.8 Å². The zero-order valence-electron chi connectivity index (χ0n) is 16.8. The molecular formula is C22H34N+. The average Bonchev–Trinajstić information content (AvgIpc) is 2.54. The monoisotopic (exact) mass is 312 g/mol. The van der Waals surface area contributed by atoms with Gasteiger partial charge in [0, 0.05) is 18.1 Å². The van der Waals surface area contributed by atoms with Gasteiger partial charge in [-0.3, -0.25) is 0 Å². The second-order valence-corrected chi connectivity index (χ2v) is 7.49. The van der Waals surface area contributed by atoms with Crippen molar-refractivity contribution in [1.82, 2.24) is 0 Å². The molecule has 1 heterocycles. The SMILES string of the molecule is CCc1c(C)c(C)c(C)[n+](C)c1C1C(C)=C(C)C(C)=C(C)C1C. The van der Waals surface area contributed by atoms with Crippen molar-refractivity contribution in [3.63, 3.8) is 0 Å². The third-order valence-corrected chi connectivity index (χ3v) is 6.77. The molecule has 1 aromatic rings. The molecule has 0 aliphatic heterocycles. The zero-order chi connectivity index (χ0) is 17.6. The number of rotatable bonds is 2. The number of hydrogen-bond acceptors (Lipinski definition) is 0. The molecule has 0 spiro atoms. The van der Waals surface area contributed by atoms with Crippen LogP contribution in [0.15, 0.2) is 22.3 Å². The van der Waals surface area contributed by atoms with Gasteiger partial charge in [-0.1, -0.05) is 25.0 Å². The minimum absolute atomic E-state index is 0.497. The van der Waals surface area contributed by atoms with Gasteiger partial charge in [-0.15, -0.1) is 0 Å². The van der Waals surface area contributed by atoms with Gasteiger partial charge in [0.15, 0.2) is 11.4 Å². The van der Waals surface area contributed by atoms with E-state index in [1.54, 1.807) is 16.7 Å². The summed E-state index contributed by atoms with van der Waals surface area (Å²) in [5.41, 5.74) is 13.5. The normalized spacial score (nSPS) is 22.2. The van der Waals surface area contributed by atoms with E-state index in [1.165, 1.54) is 33.7 Å². The molecule has 0 fully saturated rings. The molecule has 1 heteroatoms. The summed E-state index contributed by atoms with van der Waals surface area (Å²) in [6.07, 6.45) is 1.10. The Kier molecular flexibility index (Phi) is 4.89. The molecule has 0 radical (unpaired) electrons. The number of aromatic nitrogens is 1. The molecule has 1 aliphatic rings. The van der Waals surface area contributed by atoms with E-state index in [-0.39, 0.29) is 0 Å². The summed E-state index contributed by atoms with van der Waals surface area (Å²) < 4.78 is 2.47. The van der Waals surface area contributed by atoms with Crippen LogP contribution in [0.25, 0.3) is 0 Å². The minimum atomic E-state index is 0.497. The topological polar surface area (TPSA) is 3.88 Å². The van der Waals surface area contributed by atoms with Crippen LogP contribution >= 0.6 is 0 Å². The maximum atomic E-state index is 2.47. The Bertz CT molecular complexity index is 716. The molecule has 0 saturated carbocycles. The Labute approximate surface area is 143 Å². The lowest BCUT2D eigenvalue weighted by molar-refractivity contribution is -0.687. The molecule has 126 valence electrons. The van der Waals surface area contributed by atoms with E-state index in [0.717, 1.165) is 6.42 Å². The van der Waals surface area contributed by atoms with Gasteiger partial charge >= 0.3 is 0 Å². The fourth-order valence-electron chi connectivity index (χ4n) is 4.40. The third kappa shape index (κ3) is 2.58. The summed E-state index contributed by atoms with van der Waals surface area (Å²) >= 11 is 0. The zero-order valence-corrected chi connectivity index (χ0v) is 16.8. The molecule has 0 amide bonds. The van der Waals surface area contributed by atoms with Crippen molar-refractivity contribution in [3.8, 4) is 0 Å². The van der Waals surface area contributed by atoms with E-state index >= 15 is 0 Å². The predicted octanol–water partition coefficient (Wildman–Crippen LogP) is 5.40. The molecule has 0 aromatic carbocycles. The minimum Gasteiger partial charge on any atom is -0.202 e. The Hall–Kier alpha value is -1.37. The highest BCUT2D eigenvalue weighted by Gasteiger charge is 2.37. The number of hydrogen-bond donors (Lipinski definition) is 0. The van der Waals surface area contributed by atoms with Crippen LogP contribution in [0, 0.1) is 26.7 Å². The molecule has 2 atom stereocenters. The molecule has 2 rings (SSSR count). The van der Waals surface area contributed by atoms with Crippen molar-refractivity contribution in [2.75, 3.05) is 0 Å². The lowest BCUT2D eigenvalue weighted by Gasteiger charge is -2.33. The standard InChI is InChI=1S/C22H34N/c1-11-20-16(6)15(5)19(9)23(10)22(20)21-17(7)13(3)12(2)14(4)18(21)8/h17,21H,11H2,1-10H3/q+1. The Morgan fingerprint density at radius 1 is 0.826 bits per heavy atom. The van der Waals surface area contributed by atoms with Gasteiger partial charge in [0.25, 0.3) is 0 Å². The van der Waals surface area contributed by atoms with Crippen LogP contribution in [0.1, 0.15) is 75.5 Å². The average molecular weight is 313 g/mol. The molecular weight excluding hydrogens is 278 g/mol. The van der Waals surface area contributed by atoms with Gasteiger partial charge in [-0.2, -0.15) is 0 Å². The first-order chi connectivity index (χ1) is 10.6. The largest absolute Gasteiger partial charge is 0.202 e. The summed E-state index contributed by atoms with van der Waals surface area (Å²) in [6, 6.07) is 0. The molecule has 1 aromatic heterocycles. The molecule has 0 saturated heterocycles. The smallest absolute Gasteiger partial charge is 0.192 e. The van der Waals surface area contributed by atoms with Gasteiger partial charge < -0.3 is 0 Å². The van der Waals surface area contributed by atoms with Crippen molar-refractivity contribution in [2.24, 2.45) is 13.0 Å². The molecule has 1 nitrogen and oxygen atoms in total. The summed E-state index contributed by atoms with van der Waals surface area (Å²) in [4.78, 5) is 0. The summed E-state index contributed by atoms with van der Waals surface area (Å²) in [6.45, 7) is 20.8. The van der Waals surface area contributed by atoms with Gasteiger partial charge in [-0.05, 0) is 70.6 Å². The fourth-order valence-corrected chi connectivity index (χ4v) is 4.40. The van der Waals surface area contributed by atoms with Crippen LogP contribution < -0.4 is 4.57 Å². The highest BCUT2D eigenvalue weighted by Crippen LogP contribution is 2.44. The van der Waals surface area contributed by atoms with Gasteiger partial charge in [0.05, 0.1) is 5.92 Å². The van der Waals surface area contributed by atoms with Gasteiger partial charge in [-0.25, -0.2) is 4.57 Å². The first-order valence-electron chi connectivity index (χ1n) is 8.98. The maximum absolute atomic E-state index is 2.47. The van der Waals surface area contributed by atoms with E-state index in [2.05, 4.69) is 73.9 Å². The quantitative estimate of drug-likeness (QED) is 0.643. The van der Waals surface area contributed by atoms with Gasteiger partial charge in [0.2, 0.25) is 0 Å². The van der Waals surface area contributed by atoms with Crippen LogP contribution in [0.2, 0.25) is 0 Å². The van der Waals surface area contributed by atoms with Crippen molar-refractivity contribution in [2.45, 2.75) is 74.7 Å². The Morgan fingerprint density at radius 3 is 1.87 bits per heavy atom. The lowest BCUT2D eigenvalue weighted by atomic mass is 9.70. The molecule has 1 aliphatic carbocycles. The summed E-state index contributed by atoms with van der Waals surface area (Å²) in [7, 11) is 2.26. The first-order valence-corrected chi connectivity index (χ1v) is 8.98. The number of pyridine rings is 1. The molecule has 0 bridgehead atoms. The summed E-state index contributed by atoms with van der Waals surface area (Å²) in [5.74, 6) is 1.06. The van der Waals surface area contributed by atoms with Crippen molar-refractivity contribution < 1.29 is 4.57 Å².